The maximum Gasteiger partial charge on any atom is 0.279 e. The molecule has 5 nitrogen and oxygen atoms in total. The van der Waals surface area contributed by atoms with Crippen LogP contribution < -0.4 is 16.0 Å². The maximum absolute atomic E-state index is 12.4. The van der Waals surface area contributed by atoms with E-state index in [0.29, 0.717) is 6.42 Å². The Labute approximate surface area is 147 Å². The molecule has 2 amide bonds. The number of hydrogen-bond acceptors (Lipinski definition) is 2. The van der Waals surface area contributed by atoms with Gasteiger partial charge in [0.15, 0.2) is 6.04 Å². The number of anilines is 1. The number of nitrogens with two attached hydrogens (primary N) is 1. The van der Waals surface area contributed by atoms with E-state index in [1.54, 1.807) is 0 Å². The zero-order valence-corrected chi connectivity index (χ0v) is 14.6. The molecule has 3 rings (SSSR count). The van der Waals surface area contributed by atoms with E-state index in [1.807, 2.05) is 49.5 Å². The smallest absolute Gasteiger partial charge is 0.279 e. The molecular weight excluding hydrogens is 314 g/mol. The van der Waals surface area contributed by atoms with E-state index < -0.39 is 0 Å². The molecule has 0 spiro atoms. The largest absolute Gasteiger partial charge is 0.342 e. The van der Waals surface area contributed by atoms with Crippen LogP contribution in [0.3, 0.4) is 0 Å². The minimum atomic E-state index is -0.212. The Morgan fingerprint density at radius 2 is 1.88 bits per heavy atom. The number of fused-ring (bicyclic) bond motifs is 1. The van der Waals surface area contributed by atoms with Gasteiger partial charge >= 0.3 is 0 Å². The minimum Gasteiger partial charge on any atom is -0.342 e. The van der Waals surface area contributed by atoms with Crippen molar-refractivity contribution in [2.75, 3.05) is 11.9 Å². The van der Waals surface area contributed by atoms with Gasteiger partial charge in [0.25, 0.3) is 5.91 Å². The van der Waals surface area contributed by atoms with Crippen molar-refractivity contribution >= 4 is 17.5 Å². The van der Waals surface area contributed by atoms with E-state index in [0.717, 1.165) is 23.4 Å². The van der Waals surface area contributed by atoms with Crippen LogP contribution in [0.15, 0.2) is 42.5 Å². The van der Waals surface area contributed by atoms with Crippen molar-refractivity contribution < 1.29 is 14.9 Å². The third-order valence-corrected chi connectivity index (χ3v) is 4.60. The van der Waals surface area contributed by atoms with Gasteiger partial charge < -0.3 is 16.0 Å². The van der Waals surface area contributed by atoms with E-state index in [1.165, 1.54) is 11.1 Å². The molecule has 2 aromatic carbocycles. The van der Waals surface area contributed by atoms with E-state index in [4.69, 9.17) is 0 Å². The normalized spacial score (nSPS) is 16.0. The standard InChI is InChI=1S/C20H23N3O2/c1-13-7-8-17(14(2)9-13)23-19(24)12-22-20(25)18-10-15-5-3-4-6-16(15)11-21-18/h3-9,18,21H,10-12H2,1-2H3,(H,22,25)(H,23,24)/p+1/t18-/m0/s1. The maximum atomic E-state index is 12.4. The van der Waals surface area contributed by atoms with Gasteiger partial charge in [-0.05, 0) is 31.0 Å². The topological polar surface area (TPSA) is 74.8 Å². The van der Waals surface area contributed by atoms with Gasteiger partial charge in [0.2, 0.25) is 5.91 Å². The number of nitrogens with one attached hydrogen (secondary N) is 2. The number of aryl methyl sites for hydroxylation is 2. The van der Waals surface area contributed by atoms with Crippen LogP contribution in [0.2, 0.25) is 0 Å². The molecule has 0 fully saturated rings. The molecule has 130 valence electrons. The molecule has 0 radical (unpaired) electrons. The summed E-state index contributed by atoms with van der Waals surface area (Å²) in [6, 6.07) is 13.9. The fourth-order valence-electron chi connectivity index (χ4n) is 3.19. The molecule has 5 heteroatoms. The number of quaternary nitrogens is 1. The third-order valence-electron chi connectivity index (χ3n) is 4.60. The average molecular weight is 338 g/mol. The van der Waals surface area contributed by atoms with Gasteiger partial charge in [0, 0.05) is 17.7 Å². The van der Waals surface area contributed by atoms with Crippen molar-refractivity contribution in [2.45, 2.75) is 32.9 Å². The molecule has 0 saturated carbocycles. The van der Waals surface area contributed by atoms with Crippen LogP contribution >= 0.6 is 0 Å². The fraction of sp³-hybridized carbons (Fsp3) is 0.300. The number of rotatable bonds is 4. The molecule has 25 heavy (non-hydrogen) atoms. The van der Waals surface area contributed by atoms with E-state index in [2.05, 4.69) is 22.8 Å². The highest BCUT2D eigenvalue weighted by atomic mass is 16.2. The molecule has 0 unspecified atom stereocenters. The van der Waals surface area contributed by atoms with Crippen LogP contribution in [0.25, 0.3) is 0 Å². The molecule has 0 saturated heterocycles. The van der Waals surface area contributed by atoms with Gasteiger partial charge in [-0.2, -0.15) is 0 Å². The second-order valence-corrected chi connectivity index (χ2v) is 6.60. The van der Waals surface area contributed by atoms with Gasteiger partial charge in [-0.15, -0.1) is 0 Å². The third kappa shape index (κ3) is 4.25. The Hall–Kier alpha value is -2.66. The minimum absolute atomic E-state index is 0.0157. The summed E-state index contributed by atoms with van der Waals surface area (Å²) in [6.45, 7) is 4.74. The Morgan fingerprint density at radius 1 is 1.12 bits per heavy atom. The number of benzene rings is 2. The first-order chi connectivity index (χ1) is 12.0. The summed E-state index contributed by atoms with van der Waals surface area (Å²) in [5.41, 5.74) is 5.43. The van der Waals surface area contributed by atoms with Crippen LogP contribution in [-0.4, -0.2) is 24.4 Å². The van der Waals surface area contributed by atoms with E-state index in [-0.39, 0.29) is 24.4 Å². The summed E-state index contributed by atoms with van der Waals surface area (Å²) in [6.07, 6.45) is 0.695. The first kappa shape index (κ1) is 17.2. The average Bonchev–Trinajstić information content (AvgIpc) is 2.61. The predicted octanol–water partition coefficient (Wildman–Crippen LogP) is 1.05. The number of amides is 2. The number of carbonyl (C=O) groups excluding carboxylic acids is 2. The predicted molar refractivity (Wildman–Crippen MR) is 97.1 cm³/mol. The Bertz CT molecular complexity index is 801. The Kier molecular flexibility index (Phi) is 5.14. The highest BCUT2D eigenvalue weighted by Gasteiger charge is 2.27. The summed E-state index contributed by atoms with van der Waals surface area (Å²) in [5.74, 6) is -0.304. The second-order valence-electron chi connectivity index (χ2n) is 6.60. The van der Waals surface area contributed by atoms with E-state index in [9.17, 15) is 9.59 Å². The molecule has 1 aliphatic rings. The SMILES string of the molecule is Cc1ccc(NC(=O)CNC(=O)[C@@H]2Cc3ccccc3C[NH2+]2)c(C)c1. The number of carbonyl (C=O) groups is 2. The molecule has 1 heterocycles. The summed E-state index contributed by atoms with van der Waals surface area (Å²) in [4.78, 5) is 24.5. The molecule has 0 aromatic heterocycles. The summed E-state index contributed by atoms with van der Waals surface area (Å²) in [5, 5.41) is 7.63. The highest BCUT2D eigenvalue weighted by Crippen LogP contribution is 2.16. The van der Waals surface area contributed by atoms with E-state index >= 15 is 0 Å². The number of hydrogen-bond donors (Lipinski definition) is 3. The molecular formula is C20H24N3O2+. The molecule has 0 aliphatic carbocycles. The summed E-state index contributed by atoms with van der Waals surface area (Å²) >= 11 is 0. The molecule has 1 atom stereocenters. The summed E-state index contributed by atoms with van der Waals surface area (Å²) in [7, 11) is 0. The van der Waals surface area contributed by atoms with Gasteiger partial charge in [0.1, 0.15) is 6.54 Å². The summed E-state index contributed by atoms with van der Waals surface area (Å²) < 4.78 is 0. The molecule has 4 N–H and O–H groups in total. The van der Waals surface area contributed by atoms with Crippen LogP contribution in [0, 0.1) is 13.8 Å². The van der Waals surface area contributed by atoms with Gasteiger partial charge in [-0.1, -0.05) is 42.0 Å². The van der Waals surface area contributed by atoms with Crippen molar-refractivity contribution in [3.8, 4) is 0 Å². The molecule has 1 aliphatic heterocycles. The van der Waals surface area contributed by atoms with Crippen molar-refractivity contribution in [3.63, 3.8) is 0 Å². The second kappa shape index (κ2) is 7.49. The van der Waals surface area contributed by atoms with Gasteiger partial charge in [0.05, 0.1) is 6.54 Å². The monoisotopic (exact) mass is 338 g/mol. The van der Waals surface area contributed by atoms with Crippen molar-refractivity contribution in [3.05, 3.63) is 64.7 Å². The molecule has 2 aromatic rings. The van der Waals surface area contributed by atoms with Crippen LogP contribution in [-0.2, 0) is 22.6 Å². The lowest BCUT2D eigenvalue weighted by atomic mass is 9.95. The first-order valence-corrected chi connectivity index (χ1v) is 8.58. The Balaban J connectivity index is 1.51. The van der Waals surface area contributed by atoms with Gasteiger partial charge in [-0.3, -0.25) is 9.59 Å². The van der Waals surface area contributed by atoms with Crippen LogP contribution in [0.1, 0.15) is 22.3 Å². The Morgan fingerprint density at radius 3 is 2.64 bits per heavy atom. The lowest BCUT2D eigenvalue weighted by molar-refractivity contribution is -0.695. The van der Waals surface area contributed by atoms with Crippen LogP contribution in [0.4, 0.5) is 5.69 Å². The van der Waals surface area contributed by atoms with Crippen LogP contribution in [0.5, 0.6) is 0 Å². The van der Waals surface area contributed by atoms with Gasteiger partial charge in [-0.25, -0.2) is 0 Å². The van der Waals surface area contributed by atoms with Crippen molar-refractivity contribution in [2.24, 2.45) is 0 Å². The fourth-order valence-corrected chi connectivity index (χ4v) is 3.19. The zero-order valence-electron chi connectivity index (χ0n) is 14.6. The quantitative estimate of drug-likeness (QED) is 0.779. The van der Waals surface area contributed by atoms with Crippen molar-refractivity contribution in [1.29, 1.82) is 0 Å². The molecule has 0 bridgehead atoms. The zero-order chi connectivity index (χ0) is 17.8. The lowest BCUT2D eigenvalue weighted by Gasteiger charge is -2.22. The van der Waals surface area contributed by atoms with Crippen molar-refractivity contribution in [1.82, 2.24) is 5.32 Å². The highest BCUT2D eigenvalue weighted by molar-refractivity contribution is 5.95. The first-order valence-electron chi connectivity index (χ1n) is 8.58. The lowest BCUT2D eigenvalue weighted by Crippen LogP contribution is -2.93.